The van der Waals surface area contributed by atoms with Gasteiger partial charge in [0.1, 0.15) is 5.75 Å². The van der Waals surface area contributed by atoms with Crippen molar-refractivity contribution in [2.24, 2.45) is 10.4 Å². The minimum atomic E-state index is -0.0482. The molecule has 1 atom stereocenters. The van der Waals surface area contributed by atoms with Crippen LogP contribution >= 0.6 is 0 Å². The largest absolute Gasteiger partial charge is 0.496 e. The minimum absolute atomic E-state index is 0.0482. The number of benzene rings is 1. The Morgan fingerprint density at radius 1 is 1.15 bits per heavy atom. The molecule has 0 bridgehead atoms. The fourth-order valence-electron chi connectivity index (χ4n) is 3.21. The van der Waals surface area contributed by atoms with E-state index in [1.165, 1.54) is 0 Å². The highest BCUT2D eigenvalue weighted by molar-refractivity contribution is 5.79. The molecule has 152 valence electrons. The molecule has 1 aliphatic rings. The summed E-state index contributed by atoms with van der Waals surface area (Å²) < 4.78 is 21.7. The molecule has 1 fully saturated rings. The molecular formula is C19H31N3O5. The quantitative estimate of drug-likeness (QED) is 0.437. The smallest absolute Gasteiger partial charge is 0.191 e. The van der Waals surface area contributed by atoms with Crippen molar-refractivity contribution in [3.8, 4) is 17.2 Å². The van der Waals surface area contributed by atoms with Gasteiger partial charge in [-0.15, -0.1) is 0 Å². The first-order valence-electron chi connectivity index (χ1n) is 9.03. The Hall–Kier alpha value is -2.19. The van der Waals surface area contributed by atoms with Crippen LogP contribution in [0, 0.1) is 5.41 Å². The number of hydrogen-bond acceptors (Lipinski definition) is 6. The topological polar surface area (TPSA) is 93.6 Å². The second-order valence-electron chi connectivity index (χ2n) is 6.57. The van der Waals surface area contributed by atoms with Crippen molar-refractivity contribution in [3.05, 3.63) is 17.7 Å². The monoisotopic (exact) mass is 381 g/mol. The van der Waals surface area contributed by atoms with E-state index in [9.17, 15) is 5.11 Å². The average molecular weight is 381 g/mol. The van der Waals surface area contributed by atoms with Crippen LogP contribution in [0.25, 0.3) is 0 Å². The lowest BCUT2D eigenvalue weighted by atomic mass is 9.84. The van der Waals surface area contributed by atoms with Crippen molar-refractivity contribution < 1.29 is 24.1 Å². The number of guanidine groups is 1. The number of nitrogens with zero attached hydrogens (tertiary/aromatic N) is 1. The molecule has 1 saturated heterocycles. The van der Waals surface area contributed by atoms with Crippen LogP contribution in [0.3, 0.4) is 0 Å². The van der Waals surface area contributed by atoms with Gasteiger partial charge in [0, 0.05) is 50.4 Å². The van der Waals surface area contributed by atoms with Crippen molar-refractivity contribution in [2.75, 3.05) is 54.7 Å². The lowest BCUT2D eigenvalue weighted by molar-refractivity contribution is 0.127. The van der Waals surface area contributed by atoms with Gasteiger partial charge in [-0.25, -0.2) is 0 Å². The third kappa shape index (κ3) is 5.40. The summed E-state index contributed by atoms with van der Waals surface area (Å²) >= 11 is 0. The Labute approximate surface area is 160 Å². The number of aliphatic imine (C=N–C) groups is 1. The van der Waals surface area contributed by atoms with Crippen LogP contribution < -0.4 is 24.8 Å². The molecular weight excluding hydrogens is 350 g/mol. The average Bonchev–Trinajstić information content (AvgIpc) is 3.16. The van der Waals surface area contributed by atoms with Crippen LogP contribution in [0.5, 0.6) is 17.2 Å². The summed E-state index contributed by atoms with van der Waals surface area (Å²) in [4.78, 5) is 4.28. The van der Waals surface area contributed by atoms with Gasteiger partial charge in [-0.1, -0.05) is 0 Å². The Morgan fingerprint density at radius 2 is 1.85 bits per heavy atom. The Kier molecular flexibility index (Phi) is 7.99. The van der Waals surface area contributed by atoms with Crippen LogP contribution in [0.2, 0.25) is 0 Å². The number of hydrogen-bond donors (Lipinski definition) is 3. The molecule has 0 aromatic heterocycles. The molecule has 1 aliphatic heterocycles. The number of rotatable bonds is 9. The van der Waals surface area contributed by atoms with Gasteiger partial charge in [-0.05, 0) is 18.9 Å². The van der Waals surface area contributed by atoms with Gasteiger partial charge in [-0.2, -0.15) is 0 Å². The molecule has 0 spiro atoms. The highest BCUT2D eigenvalue weighted by atomic mass is 16.5. The number of nitrogens with one attached hydrogen (secondary N) is 2. The van der Waals surface area contributed by atoms with E-state index in [4.69, 9.17) is 18.9 Å². The zero-order chi connectivity index (χ0) is 19.7. The summed E-state index contributed by atoms with van der Waals surface area (Å²) in [6, 6.07) is 3.69. The maximum Gasteiger partial charge on any atom is 0.191 e. The molecule has 2 rings (SSSR count). The van der Waals surface area contributed by atoms with Gasteiger partial charge >= 0.3 is 0 Å². The molecule has 1 aromatic rings. The molecule has 1 heterocycles. The second-order valence-corrected chi connectivity index (χ2v) is 6.57. The van der Waals surface area contributed by atoms with Crippen molar-refractivity contribution in [1.29, 1.82) is 0 Å². The summed E-state index contributed by atoms with van der Waals surface area (Å²) in [5.74, 6) is 2.64. The Balaban J connectivity index is 2.01. The van der Waals surface area contributed by atoms with E-state index >= 15 is 0 Å². The third-order valence-corrected chi connectivity index (χ3v) is 4.91. The molecule has 1 aromatic carbocycles. The zero-order valence-electron chi connectivity index (χ0n) is 16.6. The van der Waals surface area contributed by atoms with Crippen LogP contribution in [0.15, 0.2) is 17.1 Å². The number of ether oxygens (including phenoxy) is 4. The van der Waals surface area contributed by atoms with E-state index in [1.54, 1.807) is 34.4 Å². The SMILES string of the molecule is CN=C(NCc1cc(OC)c(OC)cc1OC)NCC1(CCO)CCOC1. The van der Waals surface area contributed by atoms with Gasteiger partial charge in [-0.3, -0.25) is 4.99 Å². The van der Waals surface area contributed by atoms with E-state index in [0.717, 1.165) is 18.6 Å². The number of aliphatic hydroxyl groups is 1. The molecule has 0 radical (unpaired) electrons. The van der Waals surface area contributed by atoms with Crippen molar-refractivity contribution >= 4 is 5.96 Å². The summed E-state index contributed by atoms with van der Waals surface area (Å²) in [5, 5.41) is 16.0. The van der Waals surface area contributed by atoms with Gasteiger partial charge < -0.3 is 34.7 Å². The molecule has 0 amide bonds. The Bertz CT molecular complexity index is 630. The van der Waals surface area contributed by atoms with Crippen molar-refractivity contribution in [2.45, 2.75) is 19.4 Å². The first-order valence-corrected chi connectivity index (χ1v) is 9.03. The molecule has 0 aliphatic carbocycles. The molecule has 0 saturated carbocycles. The Morgan fingerprint density at radius 3 is 2.41 bits per heavy atom. The molecule has 3 N–H and O–H groups in total. The van der Waals surface area contributed by atoms with E-state index in [1.807, 2.05) is 6.07 Å². The number of methoxy groups -OCH3 is 3. The maximum absolute atomic E-state index is 9.35. The van der Waals surface area contributed by atoms with Gasteiger partial charge in [0.25, 0.3) is 0 Å². The lowest BCUT2D eigenvalue weighted by Crippen LogP contribution is -2.44. The van der Waals surface area contributed by atoms with Crippen LogP contribution in [0.4, 0.5) is 0 Å². The highest BCUT2D eigenvalue weighted by Crippen LogP contribution is 2.34. The fraction of sp³-hybridized carbons (Fsp3) is 0.632. The number of aliphatic hydroxyl groups excluding tert-OH is 1. The fourth-order valence-corrected chi connectivity index (χ4v) is 3.21. The van der Waals surface area contributed by atoms with Crippen molar-refractivity contribution in [1.82, 2.24) is 10.6 Å². The first-order chi connectivity index (χ1) is 13.1. The van der Waals surface area contributed by atoms with E-state index in [-0.39, 0.29) is 12.0 Å². The van der Waals surface area contributed by atoms with E-state index < -0.39 is 0 Å². The molecule has 8 nitrogen and oxygen atoms in total. The van der Waals surface area contributed by atoms with Crippen LogP contribution in [0.1, 0.15) is 18.4 Å². The first kappa shape index (κ1) is 21.1. The lowest BCUT2D eigenvalue weighted by Gasteiger charge is -2.27. The normalized spacial score (nSPS) is 19.7. The van der Waals surface area contributed by atoms with Crippen molar-refractivity contribution in [3.63, 3.8) is 0 Å². The van der Waals surface area contributed by atoms with E-state index in [2.05, 4.69) is 15.6 Å². The predicted octanol–water partition coefficient (Wildman–Crippen LogP) is 1.17. The predicted molar refractivity (Wildman–Crippen MR) is 104 cm³/mol. The zero-order valence-corrected chi connectivity index (χ0v) is 16.6. The van der Waals surface area contributed by atoms with Gasteiger partial charge in [0.15, 0.2) is 17.5 Å². The molecule has 8 heteroatoms. The van der Waals surface area contributed by atoms with E-state index in [0.29, 0.717) is 49.3 Å². The van der Waals surface area contributed by atoms with Gasteiger partial charge in [0.2, 0.25) is 0 Å². The maximum atomic E-state index is 9.35. The van der Waals surface area contributed by atoms with Crippen LogP contribution in [-0.4, -0.2) is 65.8 Å². The summed E-state index contributed by atoms with van der Waals surface area (Å²) in [7, 11) is 6.55. The summed E-state index contributed by atoms with van der Waals surface area (Å²) in [6.45, 7) is 2.74. The highest BCUT2D eigenvalue weighted by Gasteiger charge is 2.34. The third-order valence-electron chi connectivity index (χ3n) is 4.91. The second kappa shape index (κ2) is 10.2. The van der Waals surface area contributed by atoms with Crippen LogP contribution in [-0.2, 0) is 11.3 Å². The standard InChI is InChI=1S/C19H31N3O5/c1-20-18(22-12-19(5-7-23)6-8-27-13-19)21-11-14-9-16(25-3)17(26-4)10-15(14)24-2/h9-10,23H,5-8,11-13H2,1-4H3,(H2,20,21,22). The summed E-state index contributed by atoms with van der Waals surface area (Å²) in [6.07, 6.45) is 1.64. The molecule has 1 unspecified atom stereocenters. The molecule has 27 heavy (non-hydrogen) atoms. The summed E-state index contributed by atoms with van der Waals surface area (Å²) in [5.41, 5.74) is 0.875. The van der Waals surface area contributed by atoms with Gasteiger partial charge in [0.05, 0.1) is 27.9 Å². The minimum Gasteiger partial charge on any atom is -0.496 e.